The normalized spacial score (nSPS) is 16.4. The number of anilines is 1. The van der Waals surface area contributed by atoms with Crippen molar-refractivity contribution in [2.75, 3.05) is 5.73 Å². The number of hydrogen-bond donors (Lipinski definition) is 1. The van der Waals surface area contributed by atoms with E-state index in [0.29, 0.717) is 5.92 Å². The number of hydrogen-bond acceptors (Lipinski definition) is 2. The van der Waals surface area contributed by atoms with Crippen molar-refractivity contribution in [3.05, 3.63) is 42.4 Å². The Hall–Kier alpha value is -2.16. The minimum Gasteiger partial charge on any atom is -0.472 e. The van der Waals surface area contributed by atoms with E-state index >= 15 is 0 Å². The molecule has 0 spiro atoms. The van der Waals surface area contributed by atoms with E-state index in [-0.39, 0.29) is 0 Å². The van der Waals surface area contributed by atoms with Gasteiger partial charge in [-0.15, -0.1) is 0 Å². The van der Waals surface area contributed by atoms with Crippen LogP contribution in [-0.4, -0.2) is 4.57 Å². The molecule has 2 heterocycles. The third-order valence-corrected chi connectivity index (χ3v) is 5.07. The summed E-state index contributed by atoms with van der Waals surface area (Å²) in [5.41, 5.74) is 12.0. The minimum absolute atomic E-state index is 0.644. The smallest absolute Gasteiger partial charge is 0.0996 e. The molecule has 0 atom stereocenters. The van der Waals surface area contributed by atoms with E-state index in [1.807, 2.05) is 12.3 Å². The molecule has 1 saturated carbocycles. The molecule has 0 unspecified atom stereocenters. The third kappa shape index (κ3) is 2.04. The number of aromatic nitrogens is 1. The van der Waals surface area contributed by atoms with Crippen molar-refractivity contribution in [2.24, 2.45) is 7.05 Å². The monoisotopic (exact) mass is 294 g/mol. The fourth-order valence-corrected chi connectivity index (χ4v) is 4.04. The zero-order valence-electron chi connectivity index (χ0n) is 13.0. The first-order valence-electron chi connectivity index (χ1n) is 8.16. The van der Waals surface area contributed by atoms with Crippen LogP contribution < -0.4 is 5.73 Å². The minimum atomic E-state index is 0.644. The first-order chi connectivity index (χ1) is 10.8. The van der Waals surface area contributed by atoms with Crippen LogP contribution in [0.15, 0.2) is 41.2 Å². The molecule has 114 valence electrons. The lowest BCUT2D eigenvalue weighted by Crippen LogP contribution is -2.06. The molecule has 0 amide bonds. The van der Waals surface area contributed by atoms with E-state index in [4.69, 9.17) is 10.2 Å². The highest BCUT2D eigenvalue weighted by molar-refractivity contribution is 5.94. The Bertz CT molecular complexity index is 793. The lowest BCUT2D eigenvalue weighted by molar-refractivity contribution is 0.446. The van der Waals surface area contributed by atoms with Gasteiger partial charge in [0.2, 0.25) is 0 Å². The zero-order valence-corrected chi connectivity index (χ0v) is 13.0. The Morgan fingerprint density at radius 1 is 1.14 bits per heavy atom. The van der Waals surface area contributed by atoms with Gasteiger partial charge in [0.25, 0.3) is 0 Å². The quantitative estimate of drug-likeness (QED) is 0.671. The van der Waals surface area contributed by atoms with Gasteiger partial charge in [0.1, 0.15) is 0 Å². The maximum Gasteiger partial charge on any atom is 0.0996 e. The fraction of sp³-hybridized carbons (Fsp3) is 0.368. The largest absolute Gasteiger partial charge is 0.472 e. The highest BCUT2D eigenvalue weighted by Crippen LogP contribution is 2.43. The van der Waals surface area contributed by atoms with Gasteiger partial charge in [0, 0.05) is 23.7 Å². The van der Waals surface area contributed by atoms with E-state index in [1.165, 1.54) is 54.3 Å². The first kappa shape index (κ1) is 13.5. The summed E-state index contributed by atoms with van der Waals surface area (Å²) in [5, 5.41) is 1.35. The van der Waals surface area contributed by atoms with Gasteiger partial charge in [-0.3, -0.25) is 0 Å². The van der Waals surface area contributed by atoms with Gasteiger partial charge >= 0.3 is 0 Å². The van der Waals surface area contributed by atoms with Crippen LogP contribution in [0.5, 0.6) is 0 Å². The molecule has 0 saturated heterocycles. The Balaban J connectivity index is 2.00. The molecule has 4 rings (SSSR count). The van der Waals surface area contributed by atoms with Gasteiger partial charge < -0.3 is 14.7 Å². The molecule has 3 aromatic rings. The summed E-state index contributed by atoms with van der Waals surface area (Å²) in [7, 11) is 2.14. The Morgan fingerprint density at radius 3 is 2.68 bits per heavy atom. The summed E-state index contributed by atoms with van der Waals surface area (Å²) in [6.45, 7) is 0. The summed E-state index contributed by atoms with van der Waals surface area (Å²) in [6.07, 6.45) is 10.2. The molecule has 2 N–H and O–H groups in total. The molecule has 0 radical (unpaired) electrons. The predicted octanol–water partition coefficient (Wildman–Crippen LogP) is 5.07. The van der Waals surface area contributed by atoms with Crippen LogP contribution in [0.25, 0.3) is 22.2 Å². The third-order valence-electron chi connectivity index (χ3n) is 5.07. The van der Waals surface area contributed by atoms with Gasteiger partial charge in [0.05, 0.1) is 23.7 Å². The van der Waals surface area contributed by atoms with Crippen molar-refractivity contribution in [2.45, 2.75) is 38.0 Å². The van der Waals surface area contributed by atoms with Crippen molar-refractivity contribution in [3.8, 4) is 11.3 Å². The maximum atomic E-state index is 6.02. The second-order valence-electron chi connectivity index (χ2n) is 6.44. The summed E-state index contributed by atoms with van der Waals surface area (Å²) in [5.74, 6) is 0.644. The fourth-order valence-electron chi connectivity index (χ4n) is 4.04. The molecule has 1 aromatic carbocycles. The van der Waals surface area contributed by atoms with Crippen molar-refractivity contribution >= 4 is 16.6 Å². The molecule has 22 heavy (non-hydrogen) atoms. The van der Waals surface area contributed by atoms with Gasteiger partial charge in [0.15, 0.2) is 0 Å². The number of nitrogen functional groups attached to an aromatic ring is 1. The molecule has 3 nitrogen and oxygen atoms in total. The van der Waals surface area contributed by atoms with E-state index in [0.717, 1.165) is 11.3 Å². The van der Waals surface area contributed by atoms with Crippen LogP contribution in [0.4, 0.5) is 5.69 Å². The summed E-state index contributed by atoms with van der Waals surface area (Å²) >= 11 is 0. The number of benzene rings is 1. The van der Waals surface area contributed by atoms with Crippen LogP contribution in [0, 0.1) is 0 Å². The van der Waals surface area contributed by atoms with Crippen LogP contribution >= 0.6 is 0 Å². The van der Waals surface area contributed by atoms with Crippen molar-refractivity contribution in [3.63, 3.8) is 0 Å². The second-order valence-corrected chi connectivity index (χ2v) is 6.44. The van der Waals surface area contributed by atoms with Gasteiger partial charge in [-0.2, -0.15) is 0 Å². The zero-order chi connectivity index (χ0) is 15.1. The average Bonchev–Trinajstić information content (AvgIpc) is 3.15. The van der Waals surface area contributed by atoms with Crippen molar-refractivity contribution < 1.29 is 4.42 Å². The highest BCUT2D eigenvalue weighted by Gasteiger charge is 2.25. The maximum absolute atomic E-state index is 6.02. The lowest BCUT2D eigenvalue weighted by Gasteiger charge is -2.23. The van der Waals surface area contributed by atoms with Crippen LogP contribution in [0.1, 0.15) is 43.6 Å². The molecule has 3 heteroatoms. The summed E-state index contributed by atoms with van der Waals surface area (Å²) in [4.78, 5) is 0. The number of aryl methyl sites for hydroxylation is 1. The van der Waals surface area contributed by atoms with Crippen LogP contribution in [-0.2, 0) is 7.05 Å². The standard InChI is InChI=1S/C19H22N2O/c1-21-17-11-15(20)7-8-16(17)18(13-5-3-2-4-6-13)19(21)14-9-10-22-12-14/h7-13H,2-6,20H2,1H3. The number of nitrogens with zero attached hydrogens (tertiary/aromatic N) is 1. The van der Waals surface area contributed by atoms with E-state index in [1.54, 1.807) is 6.26 Å². The SMILES string of the molecule is Cn1c(-c2ccoc2)c(C2CCCCC2)c2ccc(N)cc21. The lowest BCUT2D eigenvalue weighted by atomic mass is 9.82. The number of rotatable bonds is 2. The van der Waals surface area contributed by atoms with Crippen molar-refractivity contribution in [1.82, 2.24) is 4.57 Å². The first-order valence-corrected chi connectivity index (χ1v) is 8.16. The van der Waals surface area contributed by atoms with Gasteiger partial charge in [-0.05, 0) is 42.5 Å². The molecule has 0 aliphatic heterocycles. The molecule has 2 aromatic heterocycles. The average molecular weight is 294 g/mol. The molecule has 1 aliphatic carbocycles. The number of nitrogens with two attached hydrogens (primary N) is 1. The summed E-state index contributed by atoms with van der Waals surface area (Å²) in [6, 6.07) is 8.36. The molecule has 1 aliphatic rings. The topological polar surface area (TPSA) is 44.1 Å². The number of fused-ring (bicyclic) bond motifs is 1. The molecular weight excluding hydrogens is 272 g/mol. The Kier molecular flexibility index (Phi) is 3.21. The van der Waals surface area contributed by atoms with E-state index in [2.05, 4.69) is 29.8 Å². The number of furan rings is 1. The van der Waals surface area contributed by atoms with Gasteiger partial charge in [-0.25, -0.2) is 0 Å². The Morgan fingerprint density at radius 2 is 1.95 bits per heavy atom. The molecule has 1 fully saturated rings. The van der Waals surface area contributed by atoms with Crippen molar-refractivity contribution in [1.29, 1.82) is 0 Å². The Labute approximate surface area is 130 Å². The van der Waals surface area contributed by atoms with Gasteiger partial charge in [-0.1, -0.05) is 25.3 Å². The van der Waals surface area contributed by atoms with E-state index < -0.39 is 0 Å². The highest BCUT2D eigenvalue weighted by atomic mass is 16.3. The van der Waals surface area contributed by atoms with Crippen LogP contribution in [0.2, 0.25) is 0 Å². The van der Waals surface area contributed by atoms with E-state index in [9.17, 15) is 0 Å². The molecule has 0 bridgehead atoms. The van der Waals surface area contributed by atoms with Crippen LogP contribution in [0.3, 0.4) is 0 Å². The molecular formula is C19H22N2O. The second kappa shape index (κ2) is 5.24. The predicted molar refractivity (Wildman–Crippen MR) is 90.9 cm³/mol. The summed E-state index contributed by atoms with van der Waals surface area (Å²) < 4.78 is 7.63.